The molecule has 0 saturated carbocycles. The maximum absolute atomic E-state index is 6.32. The number of methoxy groups -OCH3 is 1. The van der Waals surface area contributed by atoms with Crippen molar-refractivity contribution in [2.24, 2.45) is 0 Å². The van der Waals surface area contributed by atoms with E-state index in [9.17, 15) is 0 Å². The number of imidazole rings is 1. The Hall–Kier alpha value is -1.26. The molecule has 1 atom stereocenters. The monoisotopic (exact) mass is 309 g/mol. The van der Waals surface area contributed by atoms with Crippen LogP contribution >= 0.6 is 11.6 Å². The number of rotatable bonds is 7. The van der Waals surface area contributed by atoms with Gasteiger partial charge in [-0.3, -0.25) is 0 Å². The molecule has 1 aromatic carbocycles. The second kappa shape index (κ2) is 7.14. The van der Waals surface area contributed by atoms with Gasteiger partial charge in [0.15, 0.2) is 0 Å². The molecule has 0 bridgehead atoms. The number of hydrogen-bond donors (Lipinski definition) is 0. The molecule has 0 aliphatic heterocycles. The Morgan fingerprint density at radius 2 is 2.05 bits per heavy atom. The van der Waals surface area contributed by atoms with Crippen molar-refractivity contribution in [3.05, 3.63) is 24.0 Å². The molecular formula is C16H24ClN3O. The number of alkyl halides is 1. The van der Waals surface area contributed by atoms with E-state index in [2.05, 4.69) is 29.4 Å². The van der Waals surface area contributed by atoms with Gasteiger partial charge in [-0.05, 0) is 32.1 Å². The molecule has 0 spiro atoms. The molecule has 4 nitrogen and oxygen atoms in total. The van der Waals surface area contributed by atoms with Gasteiger partial charge in [0.1, 0.15) is 17.1 Å². The lowest BCUT2D eigenvalue weighted by Crippen LogP contribution is -2.27. The minimum atomic E-state index is -0.126. The van der Waals surface area contributed by atoms with Crippen molar-refractivity contribution in [2.75, 3.05) is 26.7 Å². The third kappa shape index (κ3) is 3.33. The van der Waals surface area contributed by atoms with Gasteiger partial charge in [-0.15, -0.1) is 11.6 Å². The first-order valence-corrected chi connectivity index (χ1v) is 7.95. The van der Waals surface area contributed by atoms with E-state index in [-0.39, 0.29) is 5.38 Å². The van der Waals surface area contributed by atoms with E-state index in [1.54, 1.807) is 7.11 Å². The van der Waals surface area contributed by atoms with Crippen LogP contribution in [0.3, 0.4) is 0 Å². The lowest BCUT2D eigenvalue weighted by Gasteiger charge is -2.19. The number of nitrogens with zero attached hydrogens (tertiary/aromatic N) is 3. The molecule has 1 unspecified atom stereocenters. The van der Waals surface area contributed by atoms with Crippen LogP contribution in [0, 0.1) is 0 Å². The quantitative estimate of drug-likeness (QED) is 0.731. The van der Waals surface area contributed by atoms with E-state index in [1.165, 1.54) is 0 Å². The van der Waals surface area contributed by atoms with E-state index in [0.717, 1.165) is 48.8 Å². The van der Waals surface area contributed by atoms with Gasteiger partial charge >= 0.3 is 0 Å². The van der Waals surface area contributed by atoms with Gasteiger partial charge in [0.05, 0.1) is 18.0 Å². The second-order valence-corrected chi connectivity index (χ2v) is 5.75. The molecule has 5 heteroatoms. The Morgan fingerprint density at radius 3 is 2.62 bits per heavy atom. The molecular weight excluding hydrogens is 286 g/mol. The molecule has 21 heavy (non-hydrogen) atoms. The number of para-hydroxylation sites is 1. The van der Waals surface area contributed by atoms with Crippen molar-refractivity contribution in [1.29, 1.82) is 0 Å². The first kappa shape index (κ1) is 16.1. The van der Waals surface area contributed by atoms with Crippen molar-refractivity contribution in [3.8, 4) is 5.75 Å². The molecule has 116 valence electrons. The number of halogens is 1. The summed E-state index contributed by atoms with van der Waals surface area (Å²) < 4.78 is 7.63. The second-order valence-electron chi connectivity index (χ2n) is 5.09. The number of hydrogen-bond acceptors (Lipinski definition) is 3. The van der Waals surface area contributed by atoms with Gasteiger partial charge in [-0.1, -0.05) is 19.9 Å². The van der Waals surface area contributed by atoms with Gasteiger partial charge in [0.2, 0.25) is 0 Å². The maximum atomic E-state index is 6.32. The van der Waals surface area contributed by atoms with Crippen LogP contribution in [0.4, 0.5) is 0 Å². The first-order valence-electron chi connectivity index (χ1n) is 7.51. The summed E-state index contributed by atoms with van der Waals surface area (Å²) in [6.07, 6.45) is 0. The lowest BCUT2D eigenvalue weighted by atomic mass is 10.3. The van der Waals surface area contributed by atoms with Crippen molar-refractivity contribution >= 4 is 22.6 Å². The van der Waals surface area contributed by atoms with E-state index < -0.39 is 0 Å². The smallest absolute Gasteiger partial charge is 0.146 e. The van der Waals surface area contributed by atoms with E-state index in [4.69, 9.17) is 21.3 Å². The predicted molar refractivity (Wildman–Crippen MR) is 88.3 cm³/mol. The van der Waals surface area contributed by atoms with Crippen LogP contribution in [-0.2, 0) is 6.54 Å². The zero-order chi connectivity index (χ0) is 15.4. The molecule has 0 fully saturated rings. The number of ether oxygens (including phenoxy) is 1. The average Bonchev–Trinajstić information content (AvgIpc) is 2.87. The van der Waals surface area contributed by atoms with Gasteiger partial charge in [-0.2, -0.15) is 0 Å². The highest BCUT2D eigenvalue weighted by Crippen LogP contribution is 2.29. The molecule has 2 rings (SSSR count). The fraction of sp³-hybridized carbons (Fsp3) is 0.562. The summed E-state index contributed by atoms with van der Waals surface area (Å²) in [5.41, 5.74) is 1.98. The third-order valence-corrected chi connectivity index (χ3v) is 4.08. The van der Waals surface area contributed by atoms with Gasteiger partial charge in [0, 0.05) is 13.1 Å². The van der Waals surface area contributed by atoms with Gasteiger partial charge in [0.25, 0.3) is 0 Å². The summed E-state index contributed by atoms with van der Waals surface area (Å²) in [6.45, 7) is 10.3. The minimum absolute atomic E-state index is 0.126. The molecule has 1 aromatic heterocycles. The number of aromatic nitrogens is 2. The normalized spacial score (nSPS) is 13.0. The van der Waals surface area contributed by atoms with Gasteiger partial charge < -0.3 is 14.2 Å². The average molecular weight is 310 g/mol. The van der Waals surface area contributed by atoms with Gasteiger partial charge in [-0.25, -0.2) is 4.98 Å². The van der Waals surface area contributed by atoms with Crippen molar-refractivity contribution in [2.45, 2.75) is 32.7 Å². The summed E-state index contributed by atoms with van der Waals surface area (Å²) in [5.74, 6) is 1.70. The fourth-order valence-corrected chi connectivity index (χ4v) is 2.79. The van der Waals surface area contributed by atoms with E-state index in [0.29, 0.717) is 0 Å². The predicted octanol–water partition coefficient (Wildman–Crippen LogP) is 3.69. The van der Waals surface area contributed by atoms with Crippen molar-refractivity contribution in [1.82, 2.24) is 14.5 Å². The highest BCUT2D eigenvalue weighted by atomic mass is 35.5. The largest absolute Gasteiger partial charge is 0.494 e. The topological polar surface area (TPSA) is 30.3 Å². The lowest BCUT2D eigenvalue weighted by molar-refractivity contribution is 0.290. The zero-order valence-corrected chi connectivity index (χ0v) is 14.0. The summed E-state index contributed by atoms with van der Waals surface area (Å²) in [5, 5.41) is -0.126. The summed E-state index contributed by atoms with van der Waals surface area (Å²) in [4.78, 5) is 7.10. The number of benzene rings is 1. The van der Waals surface area contributed by atoms with Crippen molar-refractivity contribution < 1.29 is 4.74 Å². The highest BCUT2D eigenvalue weighted by molar-refractivity contribution is 6.20. The zero-order valence-electron chi connectivity index (χ0n) is 13.3. The Labute approximate surface area is 131 Å². The summed E-state index contributed by atoms with van der Waals surface area (Å²) in [7, 11) is 1.67. The van der Waals surface area contributed by atoms with E-state index >= 15 is 0 Å². The Morgan fingerprint density at radius 1 is 1.33 bits per heavy atom. The molecule has 1 heterocycles. The van der Waals surface area contributed by atoms with Crippen LogP contribution in [0.25, 0.3) is 11.0 Å². The summed E-state index contributed by atoms with van der Waals surface area (Å²) >= 11 is 6.32. The molecule has 0 radical (unpaired) electrons. The first-order chi connectivity index (χ1) is 10.1. The van der Waals surface area contributed by atoms with Crippen LogP contribution in [0.1, 0.15) is 32.0 Å². The third-order valence-electron chi connectivity index (χ3n) is 3.88. The van der Waals surface area contributed by atoms with Crippen molar-refractivity contribution in [3.63, 3.8) is 0 Å². The highest BCUT2D eigenvalue weighted by Gasteiger charge is 2.17. The van der Waals surface area contributed by atoms with Crippen LogP contribution in [0.5, 0.6) is 5.75 Å². The molecule has 0 amide bonds. The SMILES string of the molecule is CCN(CC)CCn1c(C(C)Cl)nc2c(OC)cccc21. The Bertz CT molecular complexity index is 590. The standard InChI is InChI=1S/C16H24ClN3O/c1-5-19(6-2)10-11-20-13-8-7-9-14(21-4)15(13)18-16(20)12(3)17/h7-9,12H,5-6,10-11H2,1-4H3. The van der Waals surface area contributed by atoms with Crippen LogP contribution in [0.2, 0.25) is 0 Å². The fourth-order valence-electron chi connectivity index (χ4n) is 2.62. The molecule has 2 aromatic rings. The van der Waals surface area contributed by atoms with E-state index in [1.807, 2.05) is 19.1 Å². The van der Waals surface area contributed by atoms with Crippen LogP contribution in [0.15, 0.2) is 18.2 Å². The molecule has 0 saturated heterocycles. The molecule has 0 N–H and O–H groups in total. The summed E-state index contributed by atoms with van der Waals surface area (Å²) in [6, 6.07) is 6.02. The van der Waals surface area contributed by atoms with Crippen LogP contribution < -0.4 is 4.74 Å². The Balaban J connectivity index is 2.42. The Kier molecular flexibility index (Phi) is 5.48. The number of likely N-dealkylation sites (N-methyl/N-ethyl adjacent to an activating group) is 1. The van der Waals surface area contributed by atoms with Crippen LogP contribution in [-0.4, -0.2) is 41.2 Å². The molecule has 0 aliphatic rings. The minimum Gasteiger partial charge on any atom is -0.494 e. The molecule has 0 aliphatic carbocycles. The number of fused-ring (bicyclic) bond motifs is 1. The maximum Gasteiger partial charge on any atom is 0.146 e.